The van der Waals surface area contributed by atoms with Gasteiger partial charge in [-0.1, -0.05) is 35.3 Å². The second kappa shape index (κ2) is 4.44. The van der Waals surface area contributed by atoms with Gasteiger partial charge in [-0.05, 0) is 42.3 Å². The van der Waals surface area contributed by atoms with Gasteiger partial charge in [0, 0.05) is 15.6 Å². The Morgan fingerprint density at radius 3 is 2.38 bits per heavy atom. The van der Waals surface area contributed by atoms with Gasteiger partial charge in [0.2, 0.25) is 0 Å². The molecule has 0 aliphatic heterocycles. The smallest absolute Gasteiger partial charge is 0.124 e. The predicted octanol–water partition coefficient (Wildman–Crippen LogP) is 5.11. The molecule has 0 nitrogen and oxygen atoms in total. The molecule has 0 atom stereocenters. The van der Waals surface area contributed by atoms with Crippen molar-refractivity contribution in [1.82, 2.24) is 0 Å². The molecule has 0 saturated carbocycles. The van der Waals surface area contributed by atoms with Crippen LogP contribution >= 0.6 is 23.2 Å². The van der Waals surface area contributed by atoms with E-state index in [-0.39, 0.29) is 5.82 Å². The molecule has 0 aliphatic carbocycles. The minimum atomic E-state index is -0.263. The van der Waals surface area contributed by atoms with Crippen molar-refractivity contribution in [2.24, 2.45) is 0 Å². The van der Waals surface area contributed by atoms with Gasteiger partial charge in [0.25, 0.3) is 0 Å². The topological polar surface area (TPSA) is 0 Å². The highest BCUT2D eigenvalue weighted by molar-refractivity contribution is 6.36. The molecule has 3 heteroatoms. The highest BCUT2D eigenvalue weighted by Crippen LogP contribution is 2.31. The molecule has 0 amide bonds. The summed E-state index contributed by atoms with van der Waals surface area (Å²) in [5.41, 5.74) is 2.41. The van der Waals surface area contributed by atoms with E-state index >= 15 is 0 Å². The fraction of sp³-hybridized carbons (Fsp3) is 0.0769. The Kier molecular flexibility index (Phi) is 3.17. The molecule has 0 bridgehead atoms. The Balaban J connectivity index is 2.58. The van der Waals surface area contributed by atoms with E-state index in [9.17, 15) is 4.39 Å². The molecule has 0 spiro atoms. The van der Waals surface area contributed by atoms with E-state index in [0.29, 0.717) is 10.0 Å². The molecule has 0 fully saturated rings. The van der Waals surface area contributed by atoms with Crippen LogP contribution in [0.2, 0.25) is 10.0 Å². The maximum Gasteiger partial charge on any atom is 0.124 e. The minimum absolute atomic E-state index is 0.263. The van der Waals surface area contributed by atoms with Gasteiger partial charge in [-0.25, -0.2) is 4.39 Å². The summed E-state index contributed by atoms with van der Waals surface area (Å²) in [7, 11) is 0. The number of hydrogen-bond acceptors (Lipinski definition) is 0. The van der Waals surface area contributed by atoms with E-state index < -0.39 is 0 Å². The maximum atomic E-state index is 13.3. The number of hydrogen-bond donors (Lipinski definition) is 0. The van der Waals surface area contributed by atoms with Crippen LogP contribution in [-0.4, -0.2) is 0 Å². The summed E-state index contributed by atoms with van der Waals surface area (Å²) in [5.74, 6) is -0.263. The Morgan fingerprint density at radius 2 is 1.75 bits per heavy atom. The highest BCUT2D eigenvalue weighted by Gasteiger charge is 2.06. The largest absolute Gasteiger partial charge is 0.207 e. The van der Waals surface area contributed by atoms with E-state index in [0.717, 1.165) is 16.7 Å². The number of halogens is 3. The lowest BCUT2D eigenvalue weighted by Gasteiger charge is -2.06. The monoisotopic (exact) mass is 254 g/mol. The zero-order valence-corrected chi connectivity index (χ0v) is 10.1. The van der Waals surface area contributed by atoms with E-state index in [1.54, 1.807) is 18.2 Å². The van der Waals surface area contributed by atoms with Crippen LogP contribution in [0.15, 0.2) is 36.4 Å². The fourth-order valence-electron chi connectivity index (χ4n) is 1.62. The normalized spacial score (nSPS) is 10.5. The second-order valence-electron chi connectivity index (χ2n) is 3.64. The predicted molar refractivity (Wildman–Crippen MR) is 66.6 cm³/mol. The molecule has 0 aromatic heterocycles. The molecule has 0 radical (unpaired) electrons. The van der Waals surface area contributed by atoms with Crippen molar-refractivity contribution in [3.05, 3.63) is 57.8 Å². The summed E-state index contributed by atoms with van der Waals surface area (Å²) in [5, 5.41) is 1.10. The van der Waals surface area contributed by atoms with Gasteiger partial charge in [0.15, 0.2) is 0 Å². The summed E-state index contributed by atoms with van der Waals surface area (Å²) in [6, 6.07) is 10.0. The van der Waals surface area contributed by atoms with Gasteiger partial charge in [-0.3, -0.25) is 0 Å². The molecular formula is C13H9Cl2F. The van der Waals surface area contributed by atoms with E-state index in [1.807, 2.05) is 13.0 Å². The molecule has 2 aromatic carbocycles. The van der Waals surface area contributed by atoms with Crippen LogP contribution in [0.25, 0.3) is 11.1 Å². The zero-order valence-electron chi connectivity index (χ0n) is 8.60. The number of benzene rings is 2. The first kappa shape index (κ1) is 11.4. The Hall–Kier alpha value is -1.05. The fourth-order valence-corrected chi connectivity index (χ4v) is 2.13. The van der Waals surface area contributed by atoms with Crippen LogP contribution in [0.1, 0.15) is 5.56 Å². The quantitative estimate of drug-likeness (QED) is 0.664. The van der Waals surface area contributed by atoms with Crippen LogP contribution in [0.5, 0.6) is 0 Å². The first-order valence-electron chi connectivity index (χ1n) is 4.79. The maximum absolute atomic E-state index is 13.3. The third-order valence-corrected chi connectivity index (χ3v) is 2.83. The van der Waals surface area contributed by atoms with Crippen molar-refractivity contribution >= 4 is 23.2 Å². The van der Waals surface area contributed by atoms with Crippen LogP contribution < -0.4 is 0 Å². The van der Waals surface area contributed by atoms with Crippen LogP contribution in [0.4, 0.5) is 4.39 Å². The van der Waals surface area contributed by atoms with Crippen molar-refractivity contribution in [2.45, 2.75) is 6.92 Å². The summed E-state index contributed by atoms with van der Waals surface area (Å²) < 4.78 is 13.3. The molecule has 2 aromatic rings. The number of rotatable bonds is 1. The molecule has 82 valence electrons. The molecule has 0 aliphatic rings. The second-order valence-corrected chi connectivity index (χ2v) is 4.49. The van der Waals surface area contributed by atoms with Crippen molar-refractivity contribution < 1.29 is 4.39 Å². The zero-order chi connectivity index (χ0) is 11.7. The Morgan fingerprint density at radius 1 is 1.00 bits per heavy atom. The molecule has 16 heavy (non-hydrogen) atoms. The Bertz CT molecular complexity index is 515. The van der Waals surface area contributed by atoms with Crippen molar-refractivity contribution in [2.75, 3.05) is 0 Å². The van der Waals surface area contributed by atoms with Gasteiger partial charge in [0.05, 0.1) is 0 Å². The lowest BCUT2D eigenvalue weighted by Crippen LogP contribution is -1.84. The highest BCUT2D eigenvalue weighted by atomic mass is 35.5. The van der Waals surface area contributed by atoms with E-state index in [4.69, 9.17) is 23.2 Å². The lowest BCUT2D eigenvalue weighted by molar-refractivity contribution is 0.627. The number of aryl methyl sites for hydroxylation is 1. The van der Waals surface area contributed by atoms with Crippen LogP contribution in [0.3, 0.4) is 0 Å². The molecule has 0 N–H and O–H groups in total. The third-order valence-electron chi connectivity index (χ3n) is 2.28. The van der Waals surface area contributed by atoms with Crippen LogP contribution in [-0.2, 0) is 0 Å². The summed E-state index contributed by atoms with van der Waals surface area (Å²) in [6.07, 6.45) is 0. The van der Waals surface area contributed by atoms with Gasteiger partial charge in [-0.15, -0.1) is 0 Å². The molecule has 0 saturated heterocycles. The summed E-state index contributed by atoms with van der Waals surface area (Å²) in [4.78, 5) is 0. The lowest BCUT2D eigenvalue weighted by atomic mass is 10.0. The summed E-state index contributed by atoms with van der Waals surface area (Å²) >= 11 is 11.9. The molecule has 2 rings (SSSR count). The van der Waals surface area contributed by atoms with Gasteiger partial charge in [0.1, 0.15) is 5.82 Å². The molecular weight excluding hydrogens is 246 g/mol. The Labute approximate surface area is 104 Å². The average Bonchev–Trinajstić information content (AvgIpc) is 2.15. The van der Waals surface area contributed by atoms with Gasteiger partial charge < -0.3 is 0 Å². The minimum Gasteiger partial charge on any atom is -0.207 e. The SMILES string of the molecule is Cc1cc(F)cc(-c2ccc(Cl)cc2Cl)c1. The first-order chi connectivity index (χ1) is 7.56. The average molecular weight is 255 g/mol. The third kappa shape index (κ3) is 2.37. The van der Waals surface area contributed by atoms with Crippen molar-refractivity contribution in [3.8, 4) is 11.1 Å². The standard InChI is InChI=1S/C13H9Cl2F/c1-8-4-9(6-11(16)5-8)12-3-2-10(14)7-13(12)15/h2-7H,1H3. The van der Waals surface area contributed by atoms with Crippen molar-refractivity contribution in [3.63, 3.8) is 0 Å². The van der Waals surface area contributed by atoms with Gasteiger partial charge in [-0.2, -0.15) is 0 Å². The van der Waals surface area contributed by atoms with Crippen LogP contribution in [0, 0.1) is 12.7 Å². The summed E-state index contributed by atoms with van der Waals surface area (Å²) in [6.45, 7) is 1.84. The van der Waals surface area contributed by atoms with E-state index in [1.165, 1.54) is 12.1 Å². The van der Waals surface area contributed by atoms with E-state index in [2.05, 4.69) is 0 Å². The van der Waals surface area contributed by atoms with Gasteiger partial charge >= 0.3 is 0 Å². The molecule has 0 unspecified atom stereocenters. The van der Waals surface area contributed by atoms with Crippen molar-refractivity contribution in [1.29, 1.82) is 0 Å². The molecule has 0 heterocycles. The first-order valence-corrected chi connectivity index (χ1v) is 5.54.